The fraction of sp³-hybridized carbons (Fsp3) is 0.476. The summed E-state index contributed by atoms with van der Waals surface area (Å²) in [6, 6.07) is 4.48. The number of nitrogens with one attached hydrogen (secondary N) is 3. The average Bonchev–Trinajstić information content (AvgIpc) is 2.68. The highest BCUT2D eigenvalue weighted by Crippen LogP contribution is 2.33. The number of carbonyl (C=O) groups excluding carboxylic acids is 1. The minimum absolute atomic E-state index is 0.148. The lowest BCUT2D eigenvalue weighted by Crippen LogP contribution is -2.35. The van der Waals surface area contributed by atoms with Crippen molar-refractivity contribution in [1.29, 1.82) is 0 Å². The van der Waals surface area contributed by atoms with Crippen molar-refractivity contribution in [3.8, 4) is 0 Å². The Bertz CT molecular complexity index is 993. The molecular weight excluding hydrogens is 418 g/mol. The van der Waals surface area contributed by atoms with Gasteiger partial charge in [0.1, 0.15) is 10.7 Å². The van der Waals surface area contributed by atoms with Gasteiger partial charge < -0.3 is 15.4 Å². The van der Waals surface area contributed by atoms with Crippen molar-refractivity contribution in [1.82, 2.24) is 14.9 Å². The van der Waals surface area contributed by atoms with Crippen LogP contribution in [0.25, 0.3) is 0 Å². The van der Waals surface area contributed by atoms with Crippen molar-refractivity contribution in [2.45, 2.75) is 51.3 Å². The van der Waals surface area contributed by atoms with E-state index in [2.05, 4.69) is 25.6 Å². The van der Waals surface area contributed by atoms with Gasteiger partial charge in [-0.3, -0.25) is 0 Å². The van der Waals surface area contributed by atoms with Crippen LogP contribution in [0.3, 0.4) is 0 Å². The molecule has 0 saturated carbocycles. The van der Waals surface area contributed by atoms with Crippen LogP contribution in [0.1, 0.15) is 56.2 Å². The highest BCUT2D eigenvalue weighted by atomic mass is 32.2. The van der Waals surface area contributed by atoms with Crippen LogP contribution in [0.4, 0.5) is 16.3 Å². The third-order valence-corrected chi connectivity index (χ3v) is 5.90. The lowest BCUT2D eigenvalue weighted by atomic mass is 9.90. The van der Waals surface area contributed by atoms with E-state index in [9.17, 15) is 13.2 Å². The van der Waals surface area contributed by atoms with E-state index < -0.39 is 16.1 Å². The Morgan fingerprint density at radius 1 is 1.10 bits per heavy atom. The topological polar surface area (TPSA) is 122 Å². The predicted octanol–water partition coefficient (Wildman–Crippen LogP) is 3.60. The Labute approximate surface area is 184 Å². The third kappa shape index (κ3) is 6.63. The highest BCUT2D eigenvalue weighted by molar-refractivity contribution is 7.90. The van der Waals surface area contributed by atoms with Gasteiger partial charge in [-0.2, -0.15) is 5.10 Å². The molecule has 0 radical (unpaired) electrons. The molecule has 0 saturated heterocycles. The zero-order valence-corrected chi connectivity index (χ0v) is 19.6. The first-order valence-corrected chi connectivity index (χ1v) is 11.6. The summed E-state index contributed by atoms with van der Waals surface area (Å²) in [6.45, 7) is 11.0. The molecule has 170 valence electrons. The molecule has 1 aromatic carbocycles. The van der Waals surface area contributed by atoms with Gasteiger partial charge in [-0.1, -0.05) is 45.4 Å². The maximum atomic E-state index is 12.7. The minimum atomic E-state index is -4.14. The van der Waals surface area contributed by atoms with Crippen molar-refractivity contribution in [3.05, 3.63) is 41.1 Å². The van der Waals surface area contributed by atoms with Gasteiger partial charge in [0.25, 0.3) is 10.0 Å². The standard InChI is InChI=1S/C21H31N5O4S/c1-13(2)17-9-15(5)10-18(14(3)4)20(17)24-21(27)26-31(28,29)16-11-19(25-23-12-16)22-7-8-30-6/h9-14H,7-8H2,1-6H3,(H,22,25)(H2,24,26,27). The summed E-state index contributed by atoms with van der Waals surface area (Å²) in [4.78, 5) is 12.5. The zero-order valence-electron chi connectivity index (χ0n) is 18.8. The number of hydrogen-bond donors (Lipinski definition) is 3. The van der Waals surface area contributed by atoms with Crippen molar-refractivity contribution in [3.63, 3.8) is 0 Å². The van der Waals surface area contributed by atoms with E-state index in [0.29, 0.717) is 18.8 Å². The molecule has 2 amide bonds. The number of aromatic nitrogens is 2. The van der Waals surface area contributed by atoms with E-state index in [1.54, 1.807) is 7.11 Å². The van der Waals surface area contributed by atoms with Gasteiger partial charge in [-0.15, -0.1) is 5.10 Å². The smallest absolute Gasteiger partial charge is 0.333 e. The van der Waals surface area contributed by atoms with Crippen LogP contribution in [0.15, 0.2) is 29.3 Å². The zero-order chi connectivity index (χ0) is 23.2. The maximum absolute atomic E-state index is 12.7. The van der Waals surface area contributed by atoms with E-state index >= 15 is 0 Å². The first kappa shape index (κ1) is 24.5. The molecule has 0 fully saturated rings. The van der Waals surface area contributed by atoms with Crippen LogP contribution >= 0.6 is 0 Å². The normalized spacial score (nSPS) is 11.6. The average molecular weight is 450 g/mol. The van der Waals surface area contributed by atoms with Gasteiger partial charge in [-0.25, -0.2) is 17.9 Å². The number of methoxy groups -OCH3 is 1. The predicted molar refractivity (Wildman–Crippen MR) is 121 cm³/mol. The third-order valence-electron chi connectivity index (χ3n) is 4.61. The lowest BCUT2D eigenvalue weighted by Gasteiger charge is -2.21. The Morgan fingerprint density at radius 2 is 1.71 bits per heavy atom. The van der Waals surface area contributed by atoms with Gasteiger partial charge in [0.15, 0.2) is 0 Å². The van der Waals surface area contributed by atoms with Crippen LogP contribution in [-0.2, 0) is 14.8 Å². The molecule has 9 nitrogen and oxygen atoms in total. The molecule has 10 heteroatoms. The van der Waals surface area contributed by atoms with Gasteiger partial charge >= 0.3 is 6.03 Å². The second-order valence-corrected chi connectivity index (χ2v) is 9.57. The van der Waals surface area contributed by atoms with Crippen molar-refractivity contribution in [2.24, 2.45) is 0 Å². The van der Waals surface area contributed by atoms with E-state index in [0.717, 1.165) is 22.9 Å². The monoisotopic (exact) mass is 449 g/mol. The first-order valence-electron chi connectivity index (χ1n) is 10.1. The summed E-state index contributed by atoms with van der Waals surface area (Å²) >= 11 is 0. The van der Waals surface area contributed by atoms with Crippen molar-refractivity contribution < 1.29 is 17.9 Å². The van der Waals surface area contributed by atoms with E-state index in [1.807, 2.05) is 46.8 Å². The number of anilines is 2. The number of hydrogen-bond acceptors (Lipinski definition) is 7. The molecule has 0 aliphatic rings. The van der Waals surface area contributed by atoms with E-state index in [1.165, 1.54) is 6.07 Å². The lowest BCUT2D eigenvalue weighted by molar-refractivity contribution is 0.210. The van der Waals surface area contributed by atoms with Gasteiger partial charge in [0.05, 0.1) is 12.8 Å². The summed E-state index contributed by atoms with van der Waals surface area (Å²) in [7, 11) is -2.59. The first-order chi connectivity index (χ1) is 14.5. The molecule has 0 atom stereocenters. The molecule has 0 unspecified atom stereocenters. The second-order valence-electron chi connectivity index (χ2n) is 7.88. The molecule has 31 heavy (non-hydrogen) atoms. The van der Waals surface area contributed by atoms with Crippen LogP contribution in [0.2, 0.25) is 0 Å². The number of nitrogens with zero attached hydrogens (tertiary/aromatic N) is 2. The quantitative estimate of drug-likeness (QED) is 0.500. The molecule has 0 spiro atoms. The van der Waals surface area contributed by atoms with Gasteiger partial charge in [-0.05, 0) is 29.9 Å². The fourth-order valence-corrected chi connectivity index (χ4v) is 3.95. The van der Waals surface area contributed by atoms with E-state index in [4.69, 9.17) is 4.74 Å². The number of ether oxygens (including phenoxy) is 1. The molecule has 0 aliphatic heterocycles. The maximum Gasteiger partial charge on any atom is 0.333 e. The molecule has 2 aromatic rings. The number of amides is 2. The summed E-state index contributed by atoms with van der Waals surface area (Å²) in [5.74, 6) is 0.562. The van der Waals surface area contributed by atoms with Crippen LogP contribution < -0.4 is 15.4 Å². The number of carbonyl (C=O) groups is 1. The van der Waals surface area contributed by atoms with E-state index in [-0.39, 0.29) is 22.5 Å². The molecule has 1 aromatic heterocycles. The number of sulfonamides is 1. The summed E-state index contributed by atoms with van der Waals surface area (Å²) < 4.78 is 32.4. The Kier molecular flexibility index (Phi) is 8.35. The largest absolute Gasteiger partial charge is 0.383 e. The summed E-state index contributed by atoms with van der Waals surface area (Å²) in [6.07, 6.45) is 1.09. The molecule has 1 heterocycles. The molecule has 0 aliphatic carbocycles. The second kappa shape index (κ2) is 10.5. The Morgan fingerprint density at radius 3 is 2.26 bits per heavy atom. The Balaban J connectivity index is 2.25. The SMILES string of the molecule is COCCNc1cc(S(=O)(=O)NC(=O)Nc2c(C(C)C)cc(C)cc2C(C)C)cnn1. The molecule has 3 N–H and O–H groups in total. The summed E-state index contributed by atoms with van der Waals surface area (Å²) in [5.41, 5.74) is 3.62. The van der Waals surface area contributed by atoms with Crippen LogP contribution in [0.5, 0.6) is 0 Å². The van der Waals surface area contributed by atoms with Gasteiger partial charge in [0.2, 0.25) is 0 Å². The fourth-order valence-electron chi connectivity index (χ4n) is 3.08. The highest BCUT2D eigenvalue weighted by Gasteiger charge is 2.22. The number of aryl methyl sites for hydroxylation is 1. The molecule has 2 rings (SSSR count). The summed E-state index contributed by atoms with van der Waals surface area (Å²) in [5, 5.41) is 13.2. The number of urea groups is 1. The molecular formula is C21H31N5O4S. The van der Waals surface area contributed by atoms with Crippen LogP contribution in [-0.4, -0.2) is 44.9 Å². The van der Waals surface area contributed by atoms with Gasteiger partial charge in [0, 0.05) is 25.4 Å². The minimum Gasteiger partial charge on any atom is -0.383 e. The van der Waals surface area contributed by atoms with Crippen LogP contribution in [0, 0.1) is 6.92 Å². The Hall–Kier alpha value is -2.72. The van der Waals surface area contributed by atoms with Crippen molar-refractivity contribution >= 4 is 27.6 Å². The van der Waals surface area contributed by atoms with Crippen molar-refractivity contribution in [2.75, 3.05) is 30.9 Å². The number of benzene rings is 1. The number of rotatable bonds is 9. The molecule has 0 bridgehead atoms.